The van der Waals surface area contributed by atoms with E-state index >= 15 is 0 Å². The number of hydrogen-bond acceptors (Lipinski definition) is 3. The Morgan fingerprint density at radius 2 is 1.94 bits per heavy atom. The summed E-state index contributed by atoms with van der Waals surface area (Å²) in [5.41, 5.74) is 7.16. The molecule has 0 spiro atoms. The molecule has 0 unspecified atom stereocenters. The van der Waals surface area contributed by atoms with Gasteiger partial charge in [0.25, 0.3) is 0 Å². The van der Waals surface area contributed by atoms with Crippen molar-refractivity contribution in [2.45, 2.75) is 32.2 Å². The van der Waals surface area contributed by atoms with Crippen LogP contribution in [0.25, 0.3) is 0 Å². The SMILES string of the molecule is CC[C@@H](N)c1ccc(OCC2CCOCC2)cc1. The lowest BCUT2D eigenvalue weighted by Gasteiger charge is -2.22. The average molecular weight is 249 g/mol. The molecule has 0 bridgehead atoms. The van der Waals surface area contributed by atoms with Crippen LogP contribution in [-0.4, -0.2) is 19.8 Å². The summed E-state index contributed by atoms with van der Waals surface area (Å²) in [6, 6.07) is 8.30. The molecule has 0 amide bonds. The van der Waals surface area contributed by atoms with Gasteiger partial charge in [0.2, 0.25) is 0 Å². The maximum Gasteiger partial charge on any atom is 0.119 e. The Balaban J connectivity index is 1.82. The molecule has 1 aliphatic rings. The van der Waals surface area contributed by atoms with Crippen LogP contribution in [0.5, 0.6) is 5.75 Å². The van der Waals surface area contributed by atoms with Crippen molar-refractivity contribution in [1.82, 2.24) is 0 Å². The molecule has 0 radical (unpaired) electrons. The first-order valence-electron chi connectivity index (χ1n) is 6.85. The zero-order chi connectivity index (χ0) is 12.8. The highest BCUT2D eigenvalue weighted by Crippen LogP contribution is 2.20. The second kappa shape index (κ2) is 6.76. The van der Waals surface area contributed by atoms with Crippen LogP contribution >= 0.6 is 0 Å². The van der Waals surface area contributed by atoms with Crippen molar-refractivity contribution in [3.8, 4) is 5.75 Å². The molecule has 100 valence electrons. The summed E-state index contributed by atoms with van der Waals surface area (Å²) in [5, 5.41) is 0. The van der Waals surface area contributed by atoms with Crippen LogP contribution in [0.4, 0.5) is 0 Å². The Bertz CT molecular complexity index is 344. The maximum atomic E-state index is 5.98. The average Bonchev–Trinajstić information content (AvgIpc) is 2.46. The van der Waals surface area contributed by atoms with E-state index in [2.05, 4.69) is 19.1 Å². The molecule has 1 aromatic rings. The molecular formula is C15H23NO2. The molecule has 3 heteroatoms. The highest BCUT2D eigenvalue weighted by Gasteiger charge is 2.14. The number of rotatable bonds is 5. The molecule has 18 heavy (non-hydrogen) atoms. The molecule has 1 aliphatic heterocycles. The van der Waals surface area contributed by atoms with Crippen LogP contribution in [0.15, 0.2) is 24.3 Å². The molecule has 1 heterocycles. The van der Waals surface area contributed by atoms with Crippen LogP contribution in [0.2, 0.25) is 0 Å². The van der Waals surface area contributed by atoms with Crippen molar-refractivity contribution in [3.05, 3.63) is 29.8 Å². The molecule has 1 aromatic carbocycles. The molecule has 2 rings (SSSR count). The zero-order valence-corrected chi connectivity index (χ0v) is 11.1. The topological polar surface area (TPSA) is 44.5 Å². The van der Waals surface area contributed by atoms with Gasteiger partial charge in [-0.25, -0.2) is 0 Å². The summed E-state index contributed by atoms with van der Waals surface area (Å²) >= 11 is 0. The summed E-state index contributed by atoms with van der Waals surface area (Å²) in [6.07, 6.45) is 3.18. The van der Waals surface area contributed by atoms with Gasteiger partial charge >= 0.3 is 0 Å². The van der Waals surface area contributed by atoms with Gasteiger partial charge in [0, 0.05) is 19.3 Å². The Labute approximate surface area is 109 Å². The van der Waals surface area contributed by atoms with Crippen molar-refractivity contribution in [3.63, 3.8) is 0 Å². The largest absolute Gasteiger partial charge is 0.493 e. The lowest BCUT2D eigenvalue weighted by molar-refractivity contribution is 0.0497. The molecule has 1 atom stereocenters. The zero-order valence-electron chi connectivity index (χ0n) is 11.1. The highest BCUT2D eigenvalue weighted by atomic mass is 16.5. The summed E-state index contributed by atoms with van der Waals surface area (Å²) in [5.74, 6) is 1.57. The minimum atomic E-state index is 0.134. The number of ether oxygens (including phenoxy) is 2. The van der Waals surface area contributed by atoms with Gasteiger partial charge in [-0.1, -0.05) is 19.1 Å². The summed E-state index contributed by atoms with van der Waals surface area (Å²) in [7, 11) is 0. The van der Waals surface area contributed by atoms with E-state index in [1.807, 2.05) is 12.1 Å². The number of benzene rings is 1. The second-order valence-electron chi connectivity index (χ2n) is 4.95. The fourth-order valence-corrected chi connectivity index (χ4v) is 2.17. The van der Waals surface area contributed by atoms with Crippen molar-refractivity contribution < 1.29 is 9.47 Å². The van der Waals surface area contributed by atoms with E-state index in [9.17, 15) is 0 Å². The van der Waals surface area contributed by atoms with E-state index in [-0.39, 0.29) is 6.04 Å². The molecule has 0 saturated carbocycles. The van der Waals surface area contributed by atoms with Gasteiger partial charge in [-0.2, -0.15) is 0 Å². The van der Waals surface area contributed by atoms with Crippen LogP contribution in [0.3, 0.4) is 0 Å². The van der Waals surface area contributed by atoms with E-state index in [0.717, 1.165) is 44.8 Å². The standard InChI is InChI=1S/C15H23NO2/c1-2-15(16)13-3-5-14(6-4-13)18-11-12-7-9-17-10-8-12/h3-6,12,15H,2,7-11,16H2,1H3/t15-/m1/s1. The fourth-order valence-electron chi connectivity index (χ4n) is 2.17. The first kappa shape index (κ1) is 13.4. The van der Waals surface area contributed by atoms with Crippen LogP contribution in [0.1, 0.15) is 37.8 Å². The van der Waals surface area contributed by atoms with Crippen molar-refractivity contribution >= 4 is 0 Å². The minimum Gasteiger partial charge on any atom is -0.493 e. The lowest BCUT2D eigenvalue weighted by Crippen LogP contribution is -2.21. The quantitative estimate of drug-likeness (QED) is 0.872. The van der Waals surface area contributed by atoms with Gasteiger partial charge in [0.15, 0.2) is 0 Å². The Morgan fingerprint density at radius 1 is 1.28 bits per heavy atom. The van der Waals surface area contributed by atoms with Crippen LogP contribution in [-0.2, 0) is 4.74 Å². The smallest absolute Gasteiger partial charge is 0.119 e. The Morgan fingerprint density at radius 3 is 2.56 bits per heavy atom. The van der Waals surface area contributed by atoms with Gasteiger partial charge < -0.3 is 15.2 Å². The first-order chi connectivity index (χ1) is 8.79. The summed E-state index contributed by atoms with van der Waals surface area (Å²) in [4.78, 5) is 0. The third-order valence-corrected chi connectivity index (χ3v) is 3.57. The summed E-state index contributed by atoms with van der Waals surface area (Å²) < 4.78 is 11.2. The van der Waals surface area contributed by atoms with E-state index < -0.39 is 0 Å². The van der Waals surface area contributed by atoms with E-state index in [4.69, 9.17) is 15.2 Å². The van der Waals surface area contributed by atoms with Crippen molar-refractivity contribution in [2.24, 2.45) is 11.7 Å². The van der Waals surface area contributed by atoms with Gasteiger partial charge in [-0.3, -0.25) is 0 Å². The third kappa shape index (κ3) is 3.72. The molecule has 3 nitrogen and oxygen atoms in total. The third-order valence-electron chi connectivity index (χ3n) is 3.57. The van der Waals surface area contributed by atoms with E-state index in [1.165, 1.54) is 5.56 Å². The predicted octanol–water partition coefficient (Wildman–Crippen LogP) is 2.90. The van der Waals surface area contributed by atoms with Crippen LogP contribution in [0, 0.1) is 5.92 Å². The van der Waals surface area contributed by atoms with Gasteiger partial charge in [-0.15, -0.1) is 0 Å². The van der Waals surface area contributed by atoms with Gasteiger partial charge in [0.05, 0.1) is 6.61 Å². The highest BCUT2D eigenvalue weighted by molar-refractivity contribution is 5.28. The molecule has 2 N–H and O–H groups in total. The monoisotopic (exact) mass is 249 g/mol. The predicted molar refractivity (Wildman–Crippen MR) is 72.7 cm³/mol. The fraction of sp³-hybridized carbons (Fsp3) is 0.600. The Kier molecular flexibility index (Phi) is 5.02. The number of nitrogens with two attached hydrogens (primary N) is 1. The van der Waals surface area contributed by atoms with Gasteiger partial charge in [-0.05, 0) is 42.9 Å². The van der Waals surface area contributed by atoms with Crippen molar-refractivity contribution in [2.75, 3.05) is 19.8 Å². The second-order valence-corrected chi connectivity index (χ2v) is 4.95. The normalized spacial score (nSPS) is 18.6. The molecular weight excluding hydrogens is 226 g/mol. The van der Waals surface area contributed by atoms with Crippen LogP contribution < -0.4 is 10.5 Å². The van der Waals surface area contributed by atoms with Crippen molar-refractivity contribution in [1.29, 1.82) is 0 Å². The molecule has 1 fully saturated rings. The van der Waals surface area contributed by atoms with E-state index in [0.29, 0.717) is 5.92 Å². The number of hydrogen-bond donors (Lipinski definition) is 1. The first-order valence-corrected chi connectivity index (χ1v) is 6.85. The summed E-state index contributed by atoms with van der Waals surface area (Å²) in [6.45, 7) is 4.64. The molecule has 0 aliphatic carbocycles. The molecule has 1 saturated heterocycles. The molecule has 0 aromatic heterocycles. The minimum absolute atomic E-state index is 0.134. The van der Waals surface area contributed by atoms with Gasteiger partial charge in [0.1, 0.15) is 5.75 Å². The maximum absolute atomic E-state index is 5.98. The lowest BCUT2D eigenvalue weighted by atomic mass is 10.0. The van der Waals surface area contributed by atoms with E-state index in [1.54, 1.807) is 0 Å². The Hall–Kier alpha value is -1.06.